The minimum atomic E-state index is -1.27. The summed E-state index contributed by atoms with van der Waals surface area (Å²) in [5, 5.41) is 17.8. The molecule has 1 atom stereocenters. The smallest absolute Gasteiger partial charge is 0.341 e. The number of amides is 2. The van der Waals surface area contributed by atoms with Gasteiger partial charge in [-0.2, -0.15) is 0 Å². The van der Waals surface area contributed by atoms with Crippen molar-refractivity contribution in [2.75, 3.05) is 24.9 Å². The zero-order valence-electron chi connectivity index (χ0n) is 18.9. The number of hydrogen-bond donors (Lipinski definition) is 2. The first-order chi connectivity index (χ1) is 16.7. The number of hydrogen-bond acceptors (Lipinski definition) is 9. The number of nitrogens with one attached hydrogen (secondary N) is 2. The Hall–Kier alpha value is -4.45. The zero-order valence-corrected chi connectivity index (χ0v) is 19.7. The average molecular weight is 500 g/mol. The summed E-state index contributed by atoms with van der Waals surface area (Å²) in [6.07, 6.45) is -1.27. The fourth-order valence-electron chi connectivity index (χ4n) is 2.96. The van der Waals surface area contributed by atoms with Crippen LogP contribution in [-0.2, 0) is 9.53 Å². The van der Waals surface area contributed by atoms with Crippen molar-refractivity contribution >= 4 is 46.2 Å². The number of nitrogens with zero attached hydrogens (tertiary/aromatic N) is 1. The fraction of sp³-hybridized carbons (Fsp3) is 0.174. The minimum Gasteiger partial charge on any atom is -0.493 e. The second-order valence-corrected chi connectivity index (χ2v) is 7.98. The summed E-state index contributed by atoms with van der Waals surface area (Å²) < 4.78 is 15.8. The van der Waals surface area contributed by atoms with Gasteiger partial charge in [0.15, 0.2) is 17.6 Å². The van der Waals surface area contributed by atoms with E-state index in [0.29, 0.717) is 4.88 Å². The number of anilines is 2. The van der Waals surface area contributed by atoms with Gasteiger partial charge >= 0.3 is 5.97 Å². The standard InChI is InChI=1S/C23H21N3O8S/c1-13(21(27)24-14-6-4-7-15(10-14)26(30)31)34-23(29)16-11-18(32-2)19(33-3)12-17(16)25-22(28)20-8-5-9-35-20/h4-13H,1-3H3,(H,24,27)(H,25,28). The summed E-state index contributed by atoms with van der Waals surface area (Å²) in [4.78, 5) is 48.8. The monoisotopic (exact) mass is 499 g/mol. The van der Waals surface area contributed by atoms with E-state index in [1.807, 2.05) is 0 Å². The average Bonchev–Trinajstić information content (AvgIpc) is 3.39. The number of esters is 1. The summed E-state index contributed by atoms with van der Waals surface area (Å²) in [5.74, 6) is -1.58. The summed E-state index contributed by atoms with van der Waals surface area (Å²) in [6, 6.07) is 11.4. The second-order valence-electron chi connectivity index (χ2n) is 7.03. The summed E-state index contributed by atoms with van der Waals surface area (Å²) >= 11 is 1.22. The Morgan fingerprint density at radius 3 is 2.34 bits per heavy atom. The van der Waals surface area contributed by atoms with Crippen LogP contribution in [0, 0.1) is 10.1 Å². The van der Waals surface area contributed by atoms with E-state index in [9.17, 15) is 24.5 Å². The lowest BCUT2D eigenvalue weighted by Gasteiger charge is -2.17. The largest absolute Gasteiger partial charge is 0.493 e. The SMILES string of the molecule is COc1cc(NC(=O)c2cccs2)c(C(=O)OC(C)C(=O)Nc2cccc([N+](=O)[O-])c2)cc1OC. The Bertz CT molecular complexity index is 1260. The molecule has 2 aromatic carbocycles. The highest BCUT2D eigenvalue weighted by Crippen LogP contribution is 2.34. The maximum Gasteiger partial charge on any atom is 0.341 e. The van der Waals surface area contributed by atoms with E-state index >= 15 is 0 Å². The molecular weight excluding hydrogens is 478 g/mol. The van der Waals surface area contributed by atoms with Crippen LogP contribution >= 0.6 is 11.3 Å². The molecule has 182 valence electrons. The van der Waals surface area contributed by atoms with Gasteiger partial charge in [-0.1, -0.05) is 12.1 Å². The lowest BCUT2D eigenvalue weighted by molar-refractivity contribution is -0.384. The quantitative estimate of drug-likeness (QED) is 0.254. The van der Waals surface area contributed by atoms with Crippen LogP contribution in [0.2, 0.25) is 0 Å². The summed E-state index contributed by atoms with van der Waals surface area (Å²) in [6.45, 7) is 1.34. The predicted octanol–water partition coefficient (Wildman–Crippen LogP) is 4.11. The molecule has 0 spiro atoms. The number of methoxy groups -OCH3 is 2. The van der Waals surface area contributed by atoms with Crippen LogP contribution in [-0.4, -0.2) is 43.0 Å². The van der Waals surface area contributed by atoms with Crippen molar-refractivity contribution in [1.29, 1.82) is 0 Å². The van der Waals surface area contributed by atoms with Gasteiger partial charge in [-0.15, -0.1) is 11.3 Å². The molecule has 3 aromatic rings. The molecule has 11 nitrogen and oxygen atoms in total. The molecule has 1 heterocycles. The number of ether oxygens (including phenoxy) is 3. The third-order valence-electron chi connectivity index (χ3n) is 4.71. The van der Waals surface area contributed by atoms with E-state index in [1.54, 1.807) is 17.5 Å². The number of benzene rings is 2. The third-order valence-corrected chi connectivity index (χ3v) is 5.58. The molecular formula is C23H21N3O8S. The number of non-ortho nitro benzene ring substituents is 1. The first kappa shape index (κ1) is 25.2. The Balaban J connectivity index is 1.81. The van der Waals surface area contributed by atoms with Gasteiger partial charge in [0, 0.05) is 30.0 Å². The maximum absolute atomic E-state index is 13.0. The molecule has 35 heavy (non-hydrogen) atoms. The van der Waals surface area contributed by atoms with Gasteiger partial charge in [0.2, 0.25) is 0 Å². The Kier molecular flexibility index (Phi) is 8.00. The maximum atomic E-state index is 13.0. The number of nitro benzene ring substituents is 1. The van der Waals surface area contributed by atoms with Crippen LogP contribution in [0.3, 0.4) is 0 Å². The van der Waals surface area contributed by atoms with Crippen molar-refractivity contribution < 1.29 is 33.5 Å². The normalized spacial score (nSPS) is 11.2. The molecule has 0 aliphatic heterocycles. The first-order valence-electron chi connectivity index (χ1n) is 10.1. The lowest BCUT2D eigenvalue weighted by atomic mass is 10.1. The van der Waals surface area contributed by atoms with Gasteiger partial charge < -0.3 is 24.8 Å². The zero-order chi connectivity index (χ0) is 25.5. The van der Waals surface area contributed by atoms with E-state index in [2.05, 4.69) is 10.6 Å². The van der Waals surface area contributed by atoms with E-state index < -0.39 is 28.8 Å². The molecule has 0 saturated carbocycles. The van der Waals surface area contributed by atoms with E-state index in [0.717, 1.165) is 0 Å². The minimum absolute atomic E-state index is 0.0671. The Labute approximate surface area is 203 Å². The van der Waals surface area contributed by atoms with E-state index in [1.165, 1.54) is 68.9 Å². The van der Waals surface area contributed by atoms with Crippen molar-refractivity contribution in [2.24, 2.45) is 0 Å². The van der Waals surface area contributed by atoms with Gasteiger partial charge in [0.1, 0.15) is 0 Å². The third kappa shape index (κ3) is 6.12. The van der Waals surface area contributed by atoms with Gasteiger partial charge in [0.25, 0.3) is 17.5 Å². The highest BCUT2D eigenvalue weighted by atomic mass is 32.1. The van der Waals surface area contributed by atoms with Crippen LogP contribution < -0.4 is 20.1 Å². The molecule has 0 radical (unpaired) electrons. The van der Waals surface area contributed by atoms with Crippen molar-refractivity contribution in [2.45, 2.75) is 13.0 Å². The molecule has 0 saturated heterocycles. The number of carbonyl (C=O) groups is 3. The molecule has 0 bridgehead atoms. The van der Waals surface area contributed by atoms with Crippen LogP contribution in [0.1, 0.15) is 27.0 Å². The van der Waals surface area contributed by atoms with Gasteiger partial charge in [0.05, 0.1) is 35.3 Å². The van der Waals surface area contributed by atoms with Crippen molar-refractivity contribution in [1.82, 2.24) is 0 Å². The van der Waals surface area contributed by atoms with Crippen molar-refractivity contribution in [3.63, 3.8) is 0 Å². The van der Waals surface area contributed by atoms with Gasteiger partial charge in [-0.05, 0) is 24.4 Å². The molecule has 1 unspecified atom stereocenters. The Morgan fingerprint density at radius 1 is 1.00 bits per heavy atom. The Morgan fingerprint density at radius 2 is 1.71 bits per heavy atom. The fourth-order valence-corrected chi connectivity index (χ4v) is 3.58. The van der Waals surface area contributed by atoms with Crippen LogP contribution in [0.4, 0.5) is 17.1 Å². The number of thiophene rings is 1. The predicted molar refractivity (Wildman–Crippen MR) is 128 cm³/mol. The van der Waals surface area contributed by atoms with Gasteiger partial charge in [-0.3, -0.25) is 19.7 Å². The number of carbonyl (C=O) groups excluding carboxylic acids is 3. The highest BCUT2D eigenvalue weighted by Gasteiger charge is 2.25. The first-order valence-corrected chi connectivity index (χ1v) is 11.0. The van der Waals surface area contributed by atoms with Gasteiger partial charge in [-0.25, -0.2) is 4.79 Å². The summed E-state index contributed by atoms with van der Waals surface area (Å²) in [7, 11) is 2.78. The topological polar surface area (TPSA) is 146 Å². The summed E-state index contributed by atoms with van der Waals surface area (Å²) in [5.41, 5.74) is -0.00841. The molecule has 1 aromatic heterocycles. The number of nitro groups is 1. The molecule has 0 aliphatic carbocycles. The second kappa shape index (κ2) is 11.1. The highest BCUT2D eigenvalue weighted by molar-refractivity contribution is 7.12. The van der Waals surface area contributed by atoms with Crippen LogP contribution in [0.5, 0.6) is 11.5 Å². The lowest BCUT2D eigenvalue weighted by Crippen LogP contribution is -2.30. The van der Waals surface area contributed by atoms with E-state index in [4.69, 9.17) is 14.2 Å². The molecule has 3 rings (SSSR count). The molecule has 0 fully saturated rings. The molecule has 2 amide bonds. The van der Waals surface area contributed by atoms with E-state index in [-0.39, 0.29) is 34.1 Å². The van der Waals surface area contributed by atoms with Crippen LogP contribution in [0.15, 0.2) is 53.9 Å². The number of rotatable bonds is 9. The van der Waals surface area contributed by atoms with Crippen molar-refractivity contribution in [3.8, 4) is 11.5 Å². The van der Waals surface area contributed by atoms with Crippen LogP contribution in [0.25, 0.3) is 0 Å². The molecule has 2 N–H and O–H groups in total. The van der Waals surface area contributed by atoms with Crippen molar-refractivity contribution in [3.05, 3.63) is 74.5 Å². The molecule has 12 heteroatoms. The molecule has 0 aliphatic rings.